The number of aliphatic hydroxyl groups is 2. The lowest BCUT2D eigenvalue weighted by atomic mass is 9.95. The summed E-state index contributed by atoms with van der Waals surface area (Å²) in [6.45, 7) is 6.72. The molecule has 0 heterocycles. The summed E-state index contributed by atoms with van der Waals surface area (Å²) in [7, 11) is 0. The van der Waals surface area contributed by atoms with Gasteiger partial charge in [0.25, 0.3) is 0 Å². The van der Waals surface area contributed by atoms with E-state index in [1.807, 2.05) is 0 Å². The maximum Gasteiger partial charge on any atom is 0.306 e. The molecule has 0 aromatic heterocycles. The van der Waals surface area contributed by atoms with Gasteiger partial charge in [-0.15, -0.1) is 0 Å². The average Bonchev–Trinajstić information content (AvgIpc) is 2.66. The van der Waals surface area contributed by atoms with Crippen LogP contribution in [0.1, 0.15) is 117 Å². The molecule has 0 aliphatic carbocycles. The fourth-order valence-corrected chi connectivity index (χ4v) is 2.99. The second-order valence-electron chi connectivity index (χ2n) is 7.28. The summed E-state index contributed by atoms with van der Waals surface area (Å²) in [5.74, 6) is -0.816. The van der Waals surface area contributed by atoms with E-state index in [1.165, 1.54) is 70.6 Å². The van der Waals surface area contributed by atoms with Gasteiger partial charge >= 0.3 is 5.97 Å². The molecule has 0 saturated carbocycles. The second kappa shape index (κ2) is 31.1. The Bertz CT molecular complexity index is 273. The monoisotopic (exact) mass is 405 g/mol. The van der Waals surface area contributed by atoms with Gasteiger partial charge < -0.3 is 21.1 Å². The number of hydrogen-bond acceptors (Lipinski definition) is 4. The third kappa shape index (κ3) is 33.0. The number of carbonyl (C=O) groups is 1. The molecular weight excluding hydrogens is 354 g/mol. The SMILES string of the molecule is CCCCCCCCCCCCCCC(CCCN)C(=O)O.CCO.CCO. The molecule has 0 aliphatic rings. The van der Waals surface area contributed by atoms with Crippen molar-refractivity contribution in [2.75, 3.05) is 19.8 Å². The first-order valence-electron chi connectivity index (χ1n) is 11.7. The van der Waals surface area contributed by atoms with E-state index in [4.69, 9.17) is 21.1 Å². The van der Waals surface area contributed by atoms with E-state index >= 15 is 0 Å². The minimum absolute atomic E-state index is 0.174. The largest absolute Gasteiger partial charge is 0.481 e. The first kappa shape index (κ1) is 32.0. The van der Waals surface area contributed by atoms with E-state index in [0.29, 0.717) is 6.54 Å². The van der Waals surface area contributed by atoms with Crippen molar-refractivity contribution in [3.63, 3.8) is 0 Å². The van der Waals surface area contributed by atoms with Gasteiger partial charge in [-0.25, -0.2) is 0 Å². The summed E-state index contributed by atoms with van der Waals surface area (Å²) in [5.41, 5.74) is 5.45. The molecule has 0 aromatic rings. The molecular formula is C23H51NO4. The Morgan fingerprint density at radius 2 is 1.00 bits per heavy atom. The first-order chi connectivity index (χ1) is 13.5. The van der Waals surface area contributed by atoms with Crippen LogP contribution in [0, 0.1) is 5.92 Å². The van der Waals surface area contributed by atoms with Gasteiger partial charge in [0.05, 0.1) is 5.92 Å². The van der Waals surface area contributed by atoms with Crippen LogP contribution < -0.4 is 5.73 Å². The van der Waals surface area contributed by atoms with Crippen molar-refractivity contribution in [1.82, 2.24) is 0 Å². The van der Waals surface area contributed by atoms with Crippen molar-refractivity contribution in [2.24, 2.45) is 11.7 Å². The van der Waals surface area contributed by atoms with E-state index in [0.717, 1.165) is 25.7 Å². The zero-order valence-electron chi connectivity index (χ0n) is 19.1. The molecule has 5 heteroatoms. The van der Waals surface area contributed by atoms with Crippen molar-refractivity contribution in [1.29, 1.82) is 0 Å². The van der Waals surface area contributed by atoms with Gasteiger partial charge in [0, 0.05) is 13.2 Å². The Balaban J connectivity index is -0.000000915. The van der Waals surface area contributed by atoms with Crippen molar-refractivity contribution in [3.8, 4) is 0 Å². The Hall–Kier alpha value is -0.650. The summed E-state index contributed by atoms with van der Waals surface area (Å²) in [4.78, 5) is 11.1. The normalized spacial score (nSPS) is 11.1. The van der Waals surface area contributed by atoms with E-state index in [2.05, 4.69) is 6.92 Å². The Morgan fingerprint density at radius 3 is 1.32 bits per heavy atom. The van der Waals surface area contributed by atoms with Crippen molar-refractivity contribution in [3.05, 3.63) is 0 Å². The molecule has 0 aliphatic heterocycles. The minimum atomic E-state index is -0.642. The van der Waals surface area contributed by atoms with E-state index in [1.54, 1.807) is 13.8 Å². The van der Waals surface area contributed by atoms with Crippen LogP contribution in [0.3, 0.4) is 0 Å². The average molecular weight is 406 g/mol. The Labute approximate surface area is 175 Å². The molecule has 5 N–H and O–H groups in total. The quantitative estimate of drug-likeness (QED) is 0.239. The van der Waals surface area contributed by atoms with Gasteiger partial charge in [0.15, 0.2) is 0 Å². The van der Waals surface area contributed by atoms with Crippen LogP contribution in [0.15, 0.2) is 0 Å². The summed E-state index contributed by atoms with van der Waals surface area (Å²) in [6, 6.07) is 0. The third-order valence-corrected chi connectivity index (χ3v) is 4.51. The van der Waals surface area contributed by atoms with Crippen LogP contribution in [0.5, 0.6) is 0 Å². The fourth-order valence-electron chi connectivity index (χ4n) is 2.99. The van der Waals surface area contributed by atoms with E-state index in [-0.39, 0.29) is 19.1 Å². The molecule has 1 atom stereocenters. The van der Waals surface area contributed by atoms with E-state index < -0.39 is 5.97 Å². The molecule has 172 valence electrons. The molecule has 5 nitrogen and oxygen atoms in total. The lowest BCUT2D eigenvalue weighted by Gasteiger charge is -2.11. The molecule has 0 spiro atoms. The lowest BCUT2D eigenvalue weighted by molar-refractivity contribution is -0.142. The highest BCUT2D eigenvalue weighted by Gasteiger charge is 2.15. The smallest absolute Gasteiger partial charge is 0.306 e. The predicted octanol–water partition coefficient (Wildman–Crippen LogP) is 5.51. The molecule has 0 saturated heterocycles. The lowest BCUT2D eigenvalue weighted by Crippen LogP contribution is -2.15. The number of aliphatic carboxylic acids is 1. The van der Waals surface area contributed by atoms with Crippen LogP contribution in [-0.2, 0) is 4.79 Å². The van der Waals surface area contributed by atoms with Crippen LogP contribution in [0.2, 0.25) is 0 Å². The summed E-state index contributed by atoms with van der Waals surface area (Å²) in [5, 5.41) is 24.3. The number of hydrogen-bond donors (Lipinski definition) is 4. The number of unbranched alkanes of at least 4 members (excludes halogenated alkanes) is 11. The van der Waals surface area contributed by atoms with Gasteiger partial charge in [-0.1, -0.05) is 84.0 Å². The summed E-state index contributed by atoms with van der Waals surface area (Å²) >= 11 is 0. The number of aliphatic hydroxyl groups excluding tert-OH is 2. The van der Waals surface area contributed by atoms with Gasteiger partial charge in [-0.3, -0.25) is 4.79 Å². The predicted molar refractivity (Wildman–Crippen MR) is 121 cm³/mol. The number of carboxylic acids is 1. The molecule has 0 amide bonds. The minimum Gasteiger partial charge on any atom is -0.481 e. The molecule has 0 aromatic carbocycles. The molecule has 0 rings (SSSR count). The maximum absolute atomic E-state index is 11.1. The summed E-state index contributed by atoms with van der Waals surface area (Å²) in [6.07, 6.45) is 18.3. The van der Waals surface area contributed by atoms with Crippen LogP contribution in [0.4, 0.5) is 0 Å². The van der Waals surface area contributed by atoms with E-state index in [9.17, 15) is 4.79 Å². The van der Waals surface area contributed by atoms with Gasteiger partial charge in [-0.2, -0.15) is 0 Å². The molecule has 0 bridgehead atoms. The second-order valence-corrected chi connectivity index (χ2v) is 7.28. The maximum atomic E-state index is 11.1. The highest BCUT2D eigenvalue weighted by Crippen LogP contribution is 2.17. The Morgan fingerprint density at radius 1 is 0.679 bits per heavy atom. The molecule has 28 heavy (non-hydrogen) atoms. The zero-order chi connectivity index (χ0) is 21.9. The highest BCUT2D eigenvalue weighted by atomic mass is 16.4. The zero-order valence-corrected chi connectivity index (χ0v) is 19.1. The number of carboxylic acid groups (broad SMARTS) is 1. The Kier molecular flexibility index (Phi) is 35.5. The molecule has 1 unspecified atom stereocenters. The standard InChI is InChI=1S/C19H39NO2.2C2H6O/c1-2-3-4-5-6-7-8-9-10-11-12-13-15-18(19(21)22)16-14-17-20;2*1-2-3/h18H,2-17,20H2,1H3,(H,21,22);2*3H,2H2,1H3. The first-order valence-corrected chi connectivity index (χ1v) is 11.7. The summed E-state index contributed by atoms with van der Waals surface area (Å²) < 4.78 is 0. The van der Waals surface area contributed by atoms with Crippen molar-refractivity contribution < 1.29 is 20.1 Å². The topological polar surface area (TPSA) is 104 Å². The fraction of sp³-hybridized carbons (Fsp3) is 0.957. The third-order valence-electron chi connectivity index (χ3n) is 4.51. The van der Waals surface area contributed by atoms with Crippen molar-refractivity contribution >= 4 is 5.97 Å². The number of rotatable bonds is 17. The molecule has 0 fully saturated rings. The van der Waals surface area contributed by atoms with Crippen LogP contribution in [-0.4, -0.2) is 41.0 Å². The highest BCUT2D eigenvalue weighted by molar-refractivity contribution is 5.69. The van der Waals surface area contributed by atoms with Crippen LogP contribution >= 0.6 is 0 Å². The van der Waals surface area contributed by atoms with Crippen molar-refractivity contribution in [2.45, 2.75) is 117 Å². The van der Waals surface area contributed by atoms with Gasteiger partial charge in [0.1, 0.15) is 0 Å². The molecule has 0 radical (unpaired) electrons. The van der Waals surface area contributed by atoms with Gasteiger partial charge in [0.2, 0.25) is 0 Å². The van der Waals surface area contributed by atoms with Crippen LogP contribution in [0.25, 0.3) is 0 Å². The van der Waals surface area contributed by atoms with Gasteiger partial charge in [-0.05, 0) is 39.7 Å². The number of nitrogens with two attached hydrogens (primary N) is 1.